The van der Waals surface area contributed by atoms with Crippen LogP contribution in [-0.4, -0.2) is 49.5 Å². The Labute approximate surface area is 117 Å². The molecule has 0 rings (SSSR count). The van der Waals surface area contributed by atoms with Crippen molar-refractivity contribution in [2.75, 3.05) is 20.6 Å². The Bertz CT molecular complexity index is 300. The third-order valence-electron chi connectivity index (χ3n) is 3.23. The number of hydrogen-bond donors (Lipinski definition) is 2. The summed E-state index contributed by atoms with van der Waals surface area (Å²) in [5.74, 6) is 1.22. The summed E-state index contributed by atoms with van der Waals surface area (Å²) >= 11 is 0. The van der Waals surface area contributed by atoms with Gasteiger partial charge in [0.05, 0.1) is 0 Å². The van der Waals surface area contributed by atoms with Crippen molar-refractivity contribution in [3.63, 3.8) is 0 Å². The minimum absolute atomic E-state index is 0.00227. The van der Waals surface area contributed by atoms with Crippen LogP contribution in [0.5, 0.6) is 0 Å². The Morgan fingerprint density at radius 2 is 1.74 bits per heavy atom. The largest absolute Gasteiger partial charge is 0.354 e. The molecule has 0 aliphatic carbocycles. The van der Waals surface area contributed by atoms with Crippen molar-refractivity contribution in [3.05, 3.63) is 0 Å². The molecule has 0 aromatic carbocycles. The SMILES string of the molecule is CCC(C)NC(=NCC(=O)N(C)C)NC(C)C(C)C. The van der Waals surface area contributed by atoms with E-state index in [1.54, 1.807) is 19.0 Å². The molecular formula is C14H30N4O. The monoisotopic (exact) mass is 270 g/mol. The fourth-order valence-corrected chi connectivity index (χ4v) is 1.14. The van der Waals surface area contributed by atoms with Crippen molar-refractivity contribution < 1.29 is 4.79 Å². The van der Waals surface area contributed by atoms with Gasteiger partial charge < -0.3 is 15.5 Å². The highest BCUT2D eigenvalue weighted by atomic mass is 16.2. The third-order valence-corrected chi connectivity index (χ3v) is 3.23. The number of guanidine groups is 1. The summed E-state index contributed by atoms with van der Waals surface area (Å²) in [7, 11) is 3.48. The van der Waals surface area contributed by atoms with Gasteiger partial charge in [0.1, 0.15) is 6.54 Å². The molecule has 0 saturated carbocycles. The highest BCUT2D eigenvalue weighted by molar-refractivity contribution is 5.85. The predicted molar refractivity (Wildman–Crippen MR) is 81.3 cm³/mol. The summed E-state index contributed by atoms with van der Waals surface area (Å²) in [6, 6.07) is 0.643. The molecule has 5 heteroatoms. The quantitative estimate of drug-likeness (QED) is 0.567. The zero-order valence-electron chi connectivity index (χ0n) is 13.4. The number of nitrogens with one attached hydrogen (secondary N) is 2. The molecule has 0 aliphatic heterocycles. The van der Waals surface area contributed by atoms with Gasteiger partial charge in [-0.1, -0.05) is 20.8 Å². The van der Waals surface area contributed by atoms with E-state index in [9.17, 15) is 4.79 Å². The van der Waals surface area contributed by atoms with Crippen LogP contribution in [0, 0.1) is 5.92 Å². The molecular weight excluding hydrogens is 240 g/mol. The first-order valence-corrected chi connectivity index (χ1v) is 7.05. The fourth-order valence-electron chi connectivity index (χ4n) is 1.14. The van der Waals surface area contributed by atoms with Crippen LogP contribution in [0.15, 0.2) is 4.99 Å². The maximum absolute atomic E-state index is 11.6. The summed E-state index contributed by atoms with van der Waals surface area (Å²) in [5.41, 5.74) is 0. The normalized spacial score (nSPS) is 15.1. The van der Waals surface area contributed by atoms with Crippen LogP contribution >= 0.6 is 0 Å². The van der Waals surface area contributed by atoms with Gasteiger partial charge in [-0.3, -0.25) is 4.79 Å². The Morgan fingerprint density at radius 1 is 1.16 bits per heavy atom. The van der Waals surface area contributed by atoms with Crippen LogP contribution in [0.4, 0.5) is 0 Å². The lowest BCUT2D eigenvalue weighted by Crippen LogP contribution is -2.47. The summed E-state index contributed by atoms with van der Waals surface area (Å²) in [6.07, 6.45) is 1.01. The molecule has 5 nitrogen and oxygen atoms in total. The number of hydrogen-bond acceptors (Lipinski definition) is 2. The van der Waals surface area contributed by atoms with Crippen LogP contribution in [0.3, 0.4) is 0 Å². The van der Waals surface area contributed by atoms with E-state index in [1.165, 1.54) is 0 Å². The van der Waals surface area contributed by atoms with Gasteiger partial charge in [0.25, 0.3) is 0 Å². The minimum Gasteiger partial charge on any atom is -0.354 e. The second kappa shape index (κ2) is 8.77. The number of carbonyl (C=O) groups excluding carboxylic acids is 1. The van der Waals surface area contributed by atoms with Gasteiger partial charge in [-0.15, -0.1) is 0 Å². The lowest BCUT2D eigenvalue weighted by molar-refractivity contribution is -0.127. The minimum atomic E-state index is 0.00227. The lowest BCUT2D eigenvalue weighted by atomic mass is 10.1. The van der Waals surface area contributed by atoms with Crippen molar-refractivity contribution in [1.82, 2.24) is 15.5 Å². The van der Waals surface area contributed by atoms with E-state index in [2.05, 4.69) is 50.2 Å². The van der Waals surface area contributed by atoms with Gasteiger partial charge in [0.2, 0.25) is 5.91 Å². The topological polar surface area (TPSA) is 56.7 Å². The molecule has 0 heterocycles. The third kappa shape index (κ3) is 7.70. The number of nitrogens with zero attached hydrogens (tertiary/aromatic N) is 2. The zero-order chi connectivity index (χ0) is 15.0. The highest BCUT2D eigenvalue weighted by Crippen LogP contribution is 2.00. The zero-order valence-corrected chi connectivity index (χ0v) is 13.4. The van der Waals surface area contributed by atoms with E-state index in [1.807, 2.05) is 0 Å². The van der Waals surface area contributed by atoms with Gasteiger partial charge in [-0.2, -0.15) is 0 Å². The van der Waals surface area contributed by atoms with E-state index < -0.39 is 0 Å². The summed E-state index contributed by atoms with van der Waals surface area (Å²) in [5, 5.41) is 6.66. The number of aliphatic imine (C=N–C) groups is 1. The first-order valence-electron chi connectivity index (χ1n) is 7.05. The van der Waals surface area contributed by atoms with Crippen molar-refractivity contribution in [2.45, 2.75) is 53.1 Å². The van der Waals surface area contributed by atoms with Gasteiger partial charge in [0, 0.05) is 26.2 Å². The molecule has 0 aromatic rings. The van der Waals surface area contributed by atoms with Gasteiger partial charge in [0.15, 0.2) is 5.96 Å². The van der Waals surface area contributed by atoms with E-state index in [4.69, 9.17) is 0 Å². The Kier molecular flexibility index (Phi) is 8.19. The molecule has 0 bridgehead atoms. The summed E-state index contributed by atoms with van der Waals surface area (Å²) in [6.45, 7) is 10.8. The maximum Gasteiger partial charge on any atom is 0.243 e. The molecule has 1 amide bonds. The molecule has 19 heavy (non-hydrogen) atoms. The standard InChI is InChI=1S/C14H30N4O/c1-8-11(4)16-14(17-12(5)10(2)3)15-9-13(19)18(6)7/h10-12H,8-9H2,1-7H3,(H2,15,16,17). The average Bonchev–Trinajstić information content (AvgIpc) is 2.34. The van der Waals surface area contributed by atoms with Gasteiger partial charge >= 0.3 is 0 Å². The van der Waals surface area contributed by atoms with Gasteiger partial charge in [-0.05, 0) is 26.2 Å². The number of likely N-dealkylation sites (N-methyl/N-ethyl adjacent to an activating group) is 1. The summed E-state index contributed by atoms with van der Waals surface area (Å²) < 4.78 is 0. The Balaban J connectivity index is 4.65. The molecule has 0 radical (unpaired) electrons. The maximum atomic E-state index is 11.6. The van der Waals surface area contributed by atoms with E-state index in [0.29, 0.717) is 24.0 Å². The first kappa shape index (κ1) is 17.7. The molecule has 0 aliphatic rings. The molecule has 0 spiro atoms. The van der Waals surface area contributed by atoms with Crippen LogP contribution in [0.25, 0.3) is 0 Å². The molecule has 0 aromatic heterocycles. The second-order valence-electron chi connectivity index (χ2n) is 5.58. The van der Waals surface area contributed by atoms with Crippen LogP contribution in [0.2, 0.25) is 0 Å². The van der Waals surface area contributed by atoms with Crippen LogP contribution in [-0.2, 0) is 4.79 Å². The predicted octanol–water partition coefficient (Wildman–Crippen LogP) is 1.45. The Morgan fingerprint density at radius 3 is 2.16 bits per heavy atom. The van der Waals surface area contributed by atoms with Crippen LogP contribution < -0.4 is 10.6 Å². The van der Waals surface area contributed by atoms with E-state index in [0.717, 1.165) is 6.42 Å². The average molecular weight is 270 g/mol. The van der Waals surface area contributed by atoms with Crippen molar-refractivity contribution in [1.29, 1.82) is 0 Å². The smallest absolute Gasteiger partial charge is 0.243 e. The van der Waals surface area contributed by atoms with Crippen LogP contribution in [0.1, 0.15) is 41.0 Å². The number of amides is 1. The fraction of sp³-hybridized carbons (Fsp3) is 0.857. The number of rotatable bonds is 6. The molecule has 0 fully saturated rings. The number of carbonyl (C=O) groups is 1. The molecule has 112 valence electrons. The first-order chi connectivity index (χ1) is 8.77. The molecule has 2 atom stereocenters. The molecule has 2 unspecified atom stereocenters. The van der Waals surface area contributed by atoms with Crippen molar-refractivity contribution in [3.8, 4) is 0 Å². The van der Waals surface area contributed by atoms with Gasteiger partial charge in [-0.25, -0.2) is 4.99 Å². The Hall–Kier alpha value is -1.26. The highest BCUT2D eigenvalue weighted by Gasteiger charge is 2.12. The van der Waals surface area contributed by atoms with Crippen molar-refractivity contribution in [2.24, 2.45) is 10.9 Å². The molecule has 2 N–H and O–H groups in total. The molecule has 0 saturated heterocycles. The van der Waals surface area contributed by atoms with E-state index in [-0.39, 0.29) is 12.5 Å². The second-order valence-corrected chi connectivity index (χ2v) is 5.58. The van der Waals surface area contributed by atoms with E-state index >= 15 is 0 Å². The summed E-state index contributed by atoms with van der Waals surface area (Å²) in [4.78, 5) is 17.5. The van der Waals surface area contributed by atoms with Crippen molar-refractivity contribution >= 4 is 11.9 Å². The lowest BCUT2D eigenvalue weighted by Gasteiger charge is -2.23.